The zero-order valence-electron chi connectivity index (χ0n) is 10.2. The van der Waals surface area contributed by atoms with E-state index in [0.717, 1.165) is 23.5 Å². The quantitative estimate of drug-likeness (QED) is 0.776. The highest BCUT2D eigenvalue weighted by Gasteiger charge is 2.16. The number of benzene rings is 1. The Bertz CT molecular complexity index is 429. The summed E-state index contributed by atoms with van der Waals surface area (Å²) < 4.78 is 28.0. The molecule has 0 radical (unpaired) electrons. The minimum absolute atomic E-state index is 0. The highest BCUT2D eigenvalue weighted by Crippen LogP contribution is 2.14. The molecule has 0 aliphatic heterocycles. The summed E-state index contributed by atoms with van der Waals surface area (Å²) in [5.41, 5.74) is 1.13. The predicted molar refractivity (Wildman–Crippen MR) is 69.6 cm³/mol. The molecule has 0 heterocycles. The fourth-order valence-electron chi connectivity index (χ4n) is 1.35. The lowest BCUT2D eigenvalue weighted by Gasteiger charge is -2.10. The van der Waals surface area contributed by atoms with E-state index in [1.165, 1.54) is 14.1 Å². The fourth-order valence-corrected chi connectivity index (χ4v) is 2.30. The van der Waals surface area contributed by atoms with Gasteiger partial charge in [0.25, 0.3) is 0 Å². The Balaban J connectivity index is 0.00000256. The third kappa shape index (κ3) is 5.04. The first kappa shape index (κ1) is 16.4. The van der Waals surface area contributed by atoms with Crippen LogP contribution in [0.5, 0.6) is 0 Å². The monoisotopic (exact) mass is 279 g/mol. The van der Waals surface area contributed by atoms with Crippen LogP contribution < -0.4 is 0 Å². The second kappa shape index (κ2) is 6.96. The molecule has 0 aromatic heterocycles. The average Bonchev–Trinajstić information content (AvgIpc) is 2.17. The van der Waals surface area contributed by atoms with Crippen LogP contribution in [0.25, 0.3) is 0 Å². The van der Waals surface area contributed by atoms with Gasteiger partial charge in [-0.15, -0.1) is 12.4 Å². The van der Waals surface area contributed by atoms with E-state index in [2.05, 4.69) is 6.92 Å². The smallest absolute Gasteiger partial charge is 0.192 e. The van der Waals surface area contributed by atoms with Gasteiger partial charge in [-0.05, 0) is 24.1 Å². The molecule has 0 atom stereocenters. The number of aryl methyl sites for hydroxylation is 1. The van der Waals surface area contributed by atoms with Crippen molar-refractivity contribution in [3.63, 3.8) is 0 Å². The summed E-state index contributed by atoms with van der Waals surface area (Å²) >= 11 is 0. The van der Waals surface area contributed by atoms with Crippen LogP contribution in [-0.2, 0) is 20.8 Å². The molecule has 0 N–H and O–H groups in total. The van der Waals surface area contributed by atoms with Crippen molar-refractivity contribution in [2.45, 2.75) is 24.7 Å². The minimum Gasteiger partial charge on any atom is -0.192 e. The van der Waals surface area contributed by atoms with Crippen molar-refractivity contribution >= 4 is 22.5 Å². The van der Waals surface area contributed by atoms with Gasteiger partial charge < -0.3 is 0 Å². The first-order chi connectivity index (χ1) is 7.45. The van der Waals surface area contributed by atoms with Gasteiger partial charge in [-0.3, -0.25) is 0 Å². The number of nitrogens with zero attached hydrogens (tertiary/aromatic N) is 1. The number of hydrogen-bond acceptors (Lipinski definition) is 4. The maximum atomic E-state index is 11.6. The lowest BCUT2D eigenvalue weighted by Crippen LogP contribution is -2.18. The molecule has 1 aromatic rings. The molecular formula is C11H18ClNO3S. The van der Waals surface area contributed by atoms with Gasteiger partial charge in [-0.1, -0.05) is 25.5 Å². The van der Waals surface area contributed by atoms with Crippen molar-refractivity contribution < 1.29 is 12.7 Å². The molecule has 0 unspecified atom stereocenters. The standard InChI is InChI=1S/C11H17NO3S.ClH/c1-4-5-10-6-8-11(9-7-10)16(13,14)15-12(2)3;/h6-9H,4-5H2,1-3H3;1H. The molecule has 4 nitrogen and oxygen atoms in total. The third-order valence-electron chi connectivity index (χ3n) is 2.00. The summed E-state index contributed by atoms with van der Waals surface area (Å²) in [6.07, 6.45) is 2.00. The third-order valence-corrected chi connectivity index (χ3v) is 3.34. The van der Waals surface area contributed by atoms with Crippen LogP contribution in [0, 0.1) is 0 Å². The summed E-state index contributed by atoms with van der Waals surface area (Å²) in [6, 6.07) is 6.78. The number of hydroxylamine groups is 2. The van der Waals surface area contributed by atoms with Crippen LogP contribution in [0.3, 0.4) is 0 Å². The summed E-state index contributed by atoms with van der Waals surface area (Å²) in [7, 11) is -0.604. The molecule has 17 heavy (non-hydrogen) atoms. The lowest BCUT2D eigenvalue weighted by molar-refractivity contribution is 0.00514. The van der Waals surface area contributed by atoms with Gasteiger partial charge in [-0.2, -0.15) is 17.8 Å². The zero-order valence-corrected chi connectivity index (χ0v) is 11.8. The van der Waals surface area contributed by atoms with E-state index in [9.17, 15) is 8.42 Å². The van der Waals surface area contributed by atoms with E-state index >= 15 is 0 Å². The molecule has 0 amide bonds. The topological polar surface area (TPSA) is 46.6 Å². The predicted octanol–water partition coefficient (Wildman–Crippen LogP) is 2.24. The summed E-state index contributed by atoms with van der Waals surface area (Å²) in [5.74, 6) is 0. The van der Waals surface area contributed by atoms with Gasteiger partial charge in [0.1, 0.15) is 0 Å². The average molecular weight is 280 g/mol. The Morgan fingerprint density at radius 1 is 1.18 bits per heavy atom. The summed E-state index contributed by atoms with van der Waals surface area (Å²) in [5, 5.41) is 1.16. The first-order valence-corrected chi connectivity index (χ1v) is 6.57. The van der Waals surface area contributed by atoms with Gasteiger partial charge in [-0.25, -0.2) is 0 Å². The summed E-state index contributed by atoms with van der Waals surface area (Å²) in [4.78, 5) is 0.182. The second-order valence-electron chi connectivity index (χ2n) is 3.73. The van der Waals surface area contributed by atoms with Gasteiger partial charge in [0.15, 0.2) is 0 Å². The molecule has 98 valence electrons. The largest absolute Gasteiger partial charge is 0.313 e. The molecule has 0 spiro atoms. The molecular weight excluding hydrogens is 262 g/mol. The maximum absolute atomic E-state index is 11.6. The van der Waals surface area contributed by atoms with Crippen molar-refractivity contribution in [3.05, 3.63) is 29.8 Å². The first-order valence-electron chi connectivity index (χ1n) is 5.16. The van der Waals surface area contributed by atoms with Crippen LogP contribution in [0.2, 0.25) is 0 Å². The number of hydrogen-bond donors (Lipinski definition) is 0. The lowest BCUT2D eigenvalue weighted by atomic mass is 10.1. The Morgan fingerprint density at radius 2 is 1.71 bits per heavy atom. The highest BCUT2D eigenvalue weighted by molar-refractivity contribution is 7.86. The number of rotatable bonds is 5. The van der Waals surface area contributed by atoms with Crippen molar-refractivity contribution in [3.8, 4) is 0 Å². The Hall–Kier alpha value is -0.620. The SMILES string of the molecule is CCCc1ccc(S(=O)(=O)ON(C)C)cc1.Cl. The number of halogens is 1. The molecule has 0 aliphatic carbocycles. The summed E-state index contributed by atoms with van der Waals surface area (Å²) in [6.45, 7) is 2.08. The van der Waals surface area contributed by atoms with Gasteiger partial charge in [0.2, 0.25) is 0 Å². The Kier molecular flexibility index (Phi) is 6.70. The van der Waals surface area contributed by atoms with E-state index in [1.807, 2.05) is 12.1 Å². The van der Waals surface area contributed by atoms with Crippen molar-refractivity contribution in [2.75, 3.05) is 14.1 Å². The zero-order chi connectivity index (χ0) is 12.2. The van der Waals surface area contributed by atoms with Gasteiger partial charge in [0, 0.05) is 14.1 Å². The molecule has 1 aromatic carbocycles. The second-order valence-corrected chi connectivity index (χ2v) is 5.26. The van der Waals surface area contributed by atoms with Crippen molar-refractivity contribution in [1.29, 1.82) is 0 Å². The van der Waals surface area contributed by atoms with E-state index < -0.39 is 10.1 Å². The molecule has 1 rings (SSSR count). The molecule has 0 saturated heterocycles. The van der Waals surface area contributed by atoms with Gasteiger partial charge in [0.05, 0.1) is 4.90 Å². The van der Waals surface area contributed by atoms with Gasteiger partial charge >= 0.3 is 10.1 Å². The van der Waals surface area contributed by atoms with E-state index in [0.29, 0.717) is 0 Å². The fraction of sp³-hybridized carbons (Fsp3) is 0.455. The van der Waals surface area contributed by atoms with Crippen molar-refractivity contribution in [1.82, 2.24) is 5.06 Å². The molecule has 0 saturated carbocycles. The van der Waals surface area contributed by atoms with Crippen LogP contribution in [0.1, 0.15) is 18.9 Å². The van der Waals surface area contributed by atoms with Crippen LogP contribution in [0.4, 0.5) is 0 Å². The van der Waals surface area contributed by atoms with Crippen LogP contribution in [-0.4, -0.2) is 27.6 Å². The van der Waals surface area contributed by atoms with Crippen LogP contribution >= 0.6 is 12.4 Å². The van der Waals surface area contributed by atoms with E-state index in [-0.39, 0.29) is 17.3 Å². The Labute approximate surface area is 109 Å². The normalized spacial score (nSPS) is 11.3. The highest BCUT2D eigenvalue weighted by atomic mass is 35.5. The molecule has 0 fully saturated rings. The molecule has 0 bridgehead atoms. The molecule has 6 heteroatoms. The van der Waals surface area contributed by atoms with Crippen molar-refractivity contribution in [2.24, 2.45) is 0 Å². The van der Waals surface area contributed by atoms with E-state index in [1.54, 1.807) is 12.1 Å². The van der Waals surface area contributed by atoms with Crippen LogP contribution in [0.15, 0.2) is 29.2 Å². The van der Waals surface area contributed by atoms with E-state index in [4.69, 9.17) is 4.28 Å². The maximum Gasteiger partial charge on any atom is 0.313 e. The Morgan fingerprint density at radius 3 is 2.12 bits per heavy atom. The molecule has 0 aliphatic rings. The minimum atomic E-state index is -3.67.